The quantitative estimate of drug-likeness (QED) is 0.337. The zero-order valence-electron chi connectivity index (χ0n) is 18.0. The molecule has 0 spiro atoms. The van der Waals surface area contributed by atoms with E-state index in [1.807, 2.05) is 0 Å². The summed E-state index contributed by atoms with van der Waals surface area (Å²) >= 11 is 0. The van der Waals surface area contributed by atoms with Gasteiger partial charge in [-0.1, -0.05) is 51.1 Å². The maximum absolute atomic E-state index is 4.79. The second-order valence-electron chi connectivity index (χ2n) is 8.17. The molecular formula is C22H40N2SiTi. The van der Waals surface area contributed by atoms with Crippen LogP contribution in [0, 0.1) is 40.0 Å². The van der Waals surface area contributed by atoms with E-state index >= 15 is 0 Å². The Balaban J connectivity index is 0. The molecule has 0 N–H and O–H groups in total. The average molecular weight is 409 g/mol. The van der Waals surface area contributed by atoms with E-state index in [1.54, 1.807) is 0 Å². The Hall–Kier alpha value is 0.331. The van der Waals surface area contributed by atoms with Crippen LogP contribution >= 0.6 is 0 Å². The maximum Gasteiger partial charge on any atom is 4.00 e. The fourth-order valence-corrected chi connectivity index (χ4v) is 5.88. The molecule has 0 aromatic rings. The van der Waals surface area contributed by atoms with Crippen LogP contribution in [0.3, 0.4) is 0 Å². The number of hydrogen-bond acceptors (Lipinski definition) is 1. The largest absolute Gasteiger partial charge is 4.00 e. The van der Waals surface area contributed by atoms with E-state index in [0.717, 1.165) is 39.5 Å². The van der Waals surface area contributed by atoms with Crippen molar-refractivity contribution in [1.82, 2.24) is 4.90 Å². The van der Waals surface area contributed by atoms with Crippen molar-refractivity contribution in [2.75, 3.05) is 19.3 Å². The molecule has 1 aliphatic heterocycles. The van der Waals surface area contributed by atoms with Crippen molar-refractivity contribution in [2.24, 2.45) is 17.8 Å². The summed E-state index contributed by atoms with van der Waals surface area (Å²) in [5.74, 6) is 2.44. The van der Waals surface area contributed by atoms with Gasteiger partial charge in [-0.3, -0.25) is 4.90 Å². The van der Waals surface area contributed by atoms with Gasteiger partial charge in [-0.05, 0) is 50.1 Å². The molecule has 1 saturated heterocycles. The average Bonchev–Trinajstić information content (AvgIpc) is 3.10. The molecule has 2 nitrogen and oxygen atoms in total. The third kappa shape index (κ3) is 7.39. The molecule has 0 bridgehead atoms. The second-order valence-corrected chi connectivity index (χ2v) is 9.40. The normalized spacial score (nSPS) is 29.8. The van der Waals surface area contributed by atoms with E-state index in [4.69, 9.17) is 5.32 Å². The predicted octanol–water partition coefficient (Wildman–Crippen LogP) is 5.43. The molecule has 0 aromatic carbocycles. The number of rotatable bonds is 5. The first kappa shape index (κ1) is 28.5. The third-order valence-corrected chi connectivity index (χ3v) is 6.63. The smallest absolute Gasteiger partial charge is 0.660 e. The van der Waals surface area contributed by atoms with Crippen LogP contribution in [-0.4, -0.2) is 45.3 Å². The molecule has 2 aliphatic carbocycles. The number of likely N-dealkylation sites (tertiary alicyclic amines) is 1. The Morgan fingerprint density at radius 1 is 1.00 bits per heavy atom. The Labute approximate surface area is 182 Å². The molecule has 4 heteroatoms. The molecule has 1 heterocycles. The van der Waals surface area contributed by atoms with Crippen molar-refractivity contribution in [2.45, 2.75) is 57.7 Å². The Bertz CT molecular complexity index is 424. The van der Waals surface area contributed by atoms with Gasteiger partial charge in [0.25, 0.3) is 0 Å². The first-order valence-corrected chi connectivity index (χ1v) is 10.4. The minimum absolute atomic E-state index is 0. The number of hydrogen-bond donors (Lipinski definition) is 0. The summed E-state index contributed by atoms with van der Waals surface area (Å²) in [5.41, 5.74) is 0.136. The van der Waals surface area contributed by atoms with Crippen LogP contribution in [-0.2, 0) is 21.7 Å². The molecule has 2 radical (unpaired) electrons. The van der Waals surface area contributed by atoms with Gasteiger partial charge in [-0.2, -0.15) is 6.17 Å². The topological polar surface area (TPSA) is 17.3 Å². The van der Waals surface area contributed by atoms with Gasteiger partial charge >= 0.3 is 21.7 Å². The Morgan fingerprint density at radius 3 is 2.15 bits per heavy atom. The van der Waals surface area contributed by atoms with Crippen LogP contribution in [0.1, 0.15) is 40.0 Å². The van der Waals surface area contributed by atoms with Gasteiger partial charge in [0.2, 0.25) is 0 Å². The summed E-state index contributed by atoms with van der Waals surface area (Å²) in [6.07, 6.45) is 14.8. The minimum Gasteiger partial charge on any atom is -0.660 e. The summed E-state index contributed by atoms with van der Waals surface area (Å²) in [6.45, 7) is 9.29. The van der Waals surface area contributed by atoms with Crippen molar-refractivity contribution in [3.8, 4) is 0 Å². The summed E-state index contributed by atoms with van der Waals surface area (Å²) < 4.78 is 0. The van der Waals surface area contributed by atoms with Crippen molar-refractivity contribution in [3.05, 3.63) is 51.9 Å². The fraction of sp³-hybridized carbons (Fsp3) is 0.682. The summed E-state index contributed by atoms with van der Waals surface area (Å²) in [5, 5.41) is 4.79. The molecule has 3 aliphatic rings. The second kappa shape index (κ2) is 12.7. The van der Waals surface area contributed by atoms with E-state index in [2.05, 4.69) is 50.0 Å². The minimum atomic E-state index is 0. The molecule has 4 atom stereocenters. The standard InChI is InChI=1S/C19H31N2Si.3CH3.Ti/c1-19(2,3)20-14-22-13-15-12-18(21-10-6-7-11-21)17-9-5-4-8-16(15)17;;;;/h4-5,8-9,15-18H,6-7,10-14H2,1-3H3;3*1H3;/q4*-1;+4. The molecule has 2 fully saturated rings. The fourth-order valence-electron chi connectivity index (χ4n) is 4.35. The Kier molecular flexibility index (Phi) is 14.0. The summed E-state index contributed by atoms with van der Waals surface area (Å²) in [4.78, 5) is 2.78. The van der Waals surface area contributed by atoms with E-state index in [9.17, 15) is 0 Å². The number of fused-ring (bicyclic) bond motifs is 1. The van der Waals surface area contributed by atoms with Gasteiger partial charge in [0.05, 0.1) is 0 Å². The summed E-state index contributed by atoms with van der Waals surface area (Å²) in [7, 11) is 1.00. The van der Waals surface area contributed by atoms with E-state index < -0.39 is 0 Å². The van der Waals surface area contributed by atoms with Crippen LogP contribution in [0.5, 0.6) is 0 Å². The first-order chi connectivity index (χ1) is 10.5. The zero-order chi connectivity index (χ0) is 15.6. The molecule has 146 valence electrons. The first-order valence-electron chi connectivity index (χ1n) is 9.03. The SMILES string of the molecule is CC(C)(C)[N-]C[Si]CC1CC(N2CCCC2)C2C=CC=CC12.[CH3-].[CH3-].[CH3-].[Ti+4]. The van der Waals surface area contributed by atoms with Crippen molar-refractivity contribution >= 4 is 9.52 Å². The molecule has 3 rings (SSSR count). The van der Waals surface area contributed by atoms with E-state index in [0.29, 0.717) is 0 Å². The molecular weight excluding hydrogens is 368 g/mol. The van der Waals surface area contributed by atoms with Gasteiger partial charge in [-0.25, -0.2) is 0 Å². The van der Waals surface area contributed by atoms with Crippen LogP contribution in [0.15, 0.2) is 24.3 Å². The Morgan fingerprint density at radius 2 is 1.58 bits per heavy atom. The van der Waals surface area contributed by atoms with Crippen LogP contribution in [0.4, 0.5) is 0 Å². The predicted molar refractivity (Wildman–Crippen MR) is 116 cm³/mol. The molecule has 1 saturated carbocycles. The van der Waals surface area contributed by atoms with Crippen molar-refractivity contribution in [3.63, 3.8) is 0 Å². The van der Waals surface area contributed by atoms with Crippen LogP contribution in [0.25, 0.3) is 5.32 Å². The molecule has 26 heavy (non-hydrogen) atoms. The zero-order valence-corrected chi connectivity index (χ0v) is 20.5. The molecule has 4 unspecified atom stereocenters. The molecule has 0 aromatic heterocycles. The van der Waals surface area contributed by atoms with E-state index in [-0.39, 0.29) is 49.5 Å². The van der Waals surface area contributed by atoms with Gasteiger partial charge in [0, 0.05) is 15.6 Å². The monoisotopic (exact) mass is 408 g/mol. The van der Waals surface area contributed by atoms with Gasteiger partial charge < -0.3 is 27.6 Å². The van der Waals surface area contributed by atoms with Crippen molar-refractivity contribution in [1.29, 1.82) is 0 Å². The number of allylic oxidation sites excluding steroid dienone is 3. The number of nitrogens with zero attached hydrogens (tertiary/aromatic N) is 2. The van der Waals surface area contributed by atoms with Crippen LogP contribution < -0.4 is 0 Å². The van der Waals surface area contributed by atoms with Gasteiger partial charge in [0.1, 0.15) is 0 Å². The van der Waals surface area contributed by atoms with Gasteiger partial charge in [-0.15, -0.1) is 5.54 Å². The van der Waals surface area contributed by atoms with Gasteiger partial charge in [0.15, 0.2) is 0 Å². The van der Waals surface area contributed by atoms with E-state index in [1.165, 1.54) is 38.4 Å². The van der Waals surface area contributed by atoms with Crippen LogP contribution in [0.2, 0.25) is 6.04 Å². The third-order valence-electron chi connectivity index (χ3n) is 5.44. The molecule has 0 amide bonds. The maximum atomic E-state index is 4.79. The summed E-state index contributed by atoms with van der Waals surface area (Å²) in [6, 6.07) is 2.19. The van der Waals surface area contributed by atoms with Crippen molar-refractivity contribution < 1.29 is 21.7 Å².